The quantitative estimate of drug-likeness (QED) is 0.875. The van der Waals surface area contributed by atoms with Gasteiger partial charge >= 0.3 is 0 Å². The number of nitrogens with zero attached hydrogens (tertiary/aromatic N) is 2. The average molecular weight is 301 g/mol. The Morgan fingerprint density at radius 2 is 1.86 bits per heavy atom. The second-order valence-corrected chi connectivity index (χ2v) is 6.83. The number of aromatic nitrogens is 2. The molecule has 0 aliphatic heterocycles. The van der Waals surface area contributed by atoms with Crippen molar-refractivity contribution in [2.45, 2.75) is 33.1 Å². The summed E-state index contributed by atoms with van der Waals surface area (Å²) in [7, 11) is 0. The zero-order chi connectivity index (χ0) is 15.5. The van der Waals surface area contributed by atoms with Crippen LogP contribution in [0, 0.1) is 0 Å². The molecule has 110 valence electrons. The SMILES string of the molecule is C/C(=C\c1ccccc1)C(=O)Nc1nnc(C(C)(C)C)s1. The number of anilines is 1. The fourth-order valence-electron chi connectivity index (χ4n) is 1.64. The summed E-state index contributed by atoms with van der Waals surface area (Å²) in [6.07, 6.45) is 1.85. The van der Waals surface area contributed by atoms with E-state index in [0.717, 1.165) is 10.6 Å². The molecule has 0 atom stereocenters. The Morgan fingerprint density at radius 3 is 2.43 bits per heavy atom. The molecule has 1 N–H and O–H groups in total. The van der Waals surface area contributed by atoms with Crippen LogP contribution >= 0.6 is 11.3 Å². The van der Waals surface area contributed by atoms with Gasteiger partial charge in [-0.3, -0.25) is 10.1 Å². The Hall–Kier alpha value is -2.01. The van der Waals surface area contributed by atoms with Gasteiger partial charge in [0, 0.05) is 11.0 Å². The maximum atomic E-state index is 12.1. The minimum absolute atomic E-state index is 0.0600. The fourth-order valence-corrected chi connectivity index (χ4v) is 2.43. The molecule has 1 heterocycles. The van der Waals surface area contributed by atoms with E-state index in [2.05, 4.69) is 36.3 Å². The number of carbonyl (C=O) groups is 1. The third-order valence-corrected chi connectivity index (χ3v) is 4.09. The molecule has 0 saturated heterocycles. The van der Waals surface area contributed by atoms with Crippen molar-refractivity contribution in [3.63, 3.8) is 0 Å². The highest BCUT2D eigenvalue weighted by molar-refractivity contribution is 7.15. The zero-order valence-electron chi connectivity index (χ0n) is 12.7. The summed E-state index contributed by atoms with van der Waals surface area (Å²) in [5, 5.41) is 12.4. The van der Waals surface area contributed by atoms with Gasteiger partial charge in [0.15, 0.2) is 0 Å². The van der Waals surface area contributed by atoms with Crippen molar-refractivity contribution < 1.29 is 4.79 Å². The van der Waals surface area contributed by atoms with E-state index in [-0.39, 0.29) is 11.3 Å². The van der Waals surface area contributed by atoms with Crippen LogP contribution in [-0.4, -0.2) is 16.1 Å². The van der Waals surface area contributed by atoms with Gasteiger partial charge in [-0.15, -0.1) is 10.2 Å². The van der Waals surface area contributed by atoms with Gasteiger partial charge in [-0.25, -0.2) is 0 Å². The second-order valence-electron chi connectivity index (χ2n) is 5.85. The maximum absolute atomic E-state index is 12.1. The molecule has 0 aliphatic carbocycles. The molecular weight excluding hydrogens is 282 g/mol. The smallest absolute Gasteiger partial charge is 0.253 e. The summed E-state index contributed by atoms with van der Waals surface area (Å²) in [6, 6.07) is 9.75. The van der Waals surface area contributed by atoms with E-state index in [4.69, 9.17) is 0 Å². The highest BCUT2D eigenvalue weighted by Crippen LogP contribution is 2.27. The summed E-state index contributed by atoms with van der Waals surface area (Å²) in [5.74, 6) is -0.157. The van der Waals surface area contributed by atoms with Gasteiger partial charge in [0.2, 0.25) is 5.13 Å². The van der Waals surface area contributed by atoms with Gasteiger partial charge in [0.1, 0.15) is 5.01 Å². The lowest BCUT2D eigenvalue weighted by molar-refractivity contribution is -0.112. The molecule has 0 fully saturated rings. The van der Waals surface area contributed by atoms with E-state index in [1.807, 2.05) is 36.4 Å². The predicted octanol–water partition coefficient (Wildman–Crippen LogP) is 3.88. The molecule has 1 amide bonds. The first kappa shape index (κ1) is 15.4. The molecule has 0 spiro atoms. The third kappa shape index (κ3) is 4.23. The van der Waals surface area contributed by atoms with Gasteiger partial charge in [-0.1, -0.05) is 62.4 Å². The number of carbonyl (C=O) groups excluding carboxylic acids is 1. The Kier molecular flexibility index (Phi) is 4.53. The van der Waals surface area contributed by atoms with Gasteiger partial charge in [-0.05, 0) is 18.6 Å². The topological polar surface area (TPSA) is 54.9 Å². The van der Waals surface area contributed by atoms with Gasteiger partial charge in [0.05, 0.1) is 0 Å². The lowest BCUT2D eigenvalue weighted by atomic mass is 9.98. The number of rotatable bonds is 3. The van der Waals surface area contributed by atoms with Crippen LogP contribution in [0.15, 0.2) is 35.9 Å². The largest absolute Gasteiger partial charge is 0.297 e. The van der Waals surface area contributed by atoms with Crippen molar-refractivity contribution in [2.75, 3.05) is 5.32 Å². The van der Waals surface area contributed by atoms with E-state index in [9.17, 15) is 4.79 Å². The van der Waals surface area contributed by atoms with Crippen LogP contribution in [0.4, 0.5) is 5.13 Å². The number of hydrogen-bond donors (Lipinski definition) is 1. The number of nitrogens with one attached hydrogen (secondary N) is 1. The lowest BCUT2D eigenvalue weighted by Gasteiger charge is -2.12. The average Bonchev–Trinajstić information content (AvgIpc) is 2.88. The van der Waals surface area contributed by atoms with E-state index in [0.29, 0.717) is 10.7 Å². The molecular formula is C16H19N3OS. The molecule has 1 aromatic carbocycles. The molecule has 21 heavy (non-hydrogen) atoms. The molecule has 2 aromatic rings. The van der Waals surface area contributed by atoms with Gasteiger partial charge < -0.3 is 0 Å². The molecule has 0 aliphatic rings. The normalized spacial score (nSPS) is 12.3. The highest BCUT2D eigenvalue weighted by Gasteiger charge is 2.20. The first-order valence-corrected chi connectivity index (χ1v) is 7.56. The minimum Gasteiger partial charge on any atom is -0.297 e. The monoisotopic (exact) mass is 301 g/mol. The zero-order valence-corrected chi connectivity index (χ0v) is 13.5. The molecule has 1 aromatic heterocycles. The van der Waals surface area contributed by atoms with Crippen LogP contribution in [-0.2, 0) is 10.2 Å². The van der Waals surface area contributed by atoms with Crippen molar-refractivity contribution in [1.82, 2.24) is 10.2 Å². The van der Waals surface area contributed by atoms with Crippen LogP contribution in [0.5, 0.6) is 0 Å². The van der Waals surface area contributed by atoms with E-state index < -0.39 is 0 Å². The Morgan fingerprint density at radius 1 is 1.19 bits per heavy atom. The second kappa shape index (κ2) is 6.18. The van der Waals surface area contributed by atoms with Crippen LogP contribution in [0.2, 0.25) is 0 Å². The number of hydrogen-bond acceptors (Lipinski definition) is 4. The molecule has 0 bridgehead atoms. The summed E-state index contributed by atoms with van der Waals surface area (Å²) < 4.78 is 0. The summed E-state index contributed by atoms with van der Waals surface area (Å²) >= 11 is 1.41. The van der Waals surface area contributed by atoms with Crippen LogP contribution in [0.1, 0.15) is 38.3 Å². The van der Waals surface area contributed by atoms with Gasteiger partial charge in [-0.2, -0.15) is 0 Å². The predicted molar refractivity (Wildman–Crippen MR) is 87.3 cm³/mol. The summed E-state index contributed by atoms with van der Waals surface area (Å²) in [4.78, 5) is 12.1. The van der Waals surface area contributed by atoms with Crippen LogP contribution in [0.3, 0.4) is 0 Å². The van der Waals surface area contributed by atoms with E-state index in [1.165, 1.54) is 11.3 Å². The van der Waals surface area contributed by atoms with Crippen LogP contribution in [0.25, 0.3) is 6.08 Å². The number of amides is 1. The first-order valence-electron chi connectivity index (χ1n) is 6.75. The minimum atomic E-state index is -0.157. The fraction of sp³-hybridized carbons (Fsp3) is 0.312. The van der Waals surface area contributed by atoms with Crippen molar-refractivity contribution in [3.8, 4) is 0 Å². The molecule has 2 rings (SSSR count). The number of benzene rings is 1. The van der Waals surface area contributed by atoms with Crippen molar-refractivity contribution in [3.05, 3.63) is 46.5 Å². The molecule has 0 radical (unpaired) electrons. The van der Waals surface area contributed by atoms with E-state index in [1.54, 1.807) is 6.92 Å². The van der Waals surface area contributed by atoms with Crippen molar-refractivity contribution in [2.24, 2.45) is 0 Å². The summed E-state index contributed by atoms with van der Waals surface area (Å²) in [5.41, 5.74) is 1.57. The molecule has 0 saturated carbocycles. The summed E-state index contributed by atoms with van der Waals surface area (Å²) in [6.45, 7) is 7.99. The standard InChI is InChI=1S/C16H19N3OS/c1-11(10-12-8-6-5-7-9-12)13(20)17-15-19-18-14(21-15)16(2,3)4/h5-10H,1-4H3,(H,17,19,20)/b11-10+. The van der Waals surface area contributed by atoms with Crippen LogP contribution < -0.4 is 5.32 Å². The first-order chi connectivity index (χ1) is 9.86. The third-order valence-electron chi connectivity index (χ3n) is 2.83. The van der Waals surface area contributed by atoms with E-state index >= 15 is 0 Å². The highest BCUT2D eigenvalue weighted by atomic mass is 32.1. The van der Waals surface area contributed by atoms with Crippen molar-refractivity contribution >= 4 is 28.5 Å². The van der Waals surface area contributed by atoms with Gasteiger partial charge in [0.25, 0.3) is 5.91 Å². The lowest BCUT2D eigenvalue weighted by Crippen LogP contribution is -2.12. The Bertz CT molecular complexity index is 654. The maximum Gasteiger partial charge on any atom is 0.253 e. The molecule has 5 heteroatoms. The Balaban J connectivity index is 2.08. The molecule has 0 unspecified atom stereocenters. The Labute approximate surface area is 128 Å². The van der Waals surface area contributed by atoms with Crippen molar-refractivity contribution in [1.29, 1.82) is 0 Å². The molecule has 4 nitrogen and oxygen atoms in total.